The molecule has 0 aliphatic carbocycles. The average Bonchev–Trinajstić information content (AvgIpc) is 2.67. The van der Waals surface area contributed by atoms with Crippen molar-refractivity contribution in [2.24, 2.45) is 0 Å². The first-order valence-corrected chi connectivity index (χ1v) is 5.08. The second-order valence-electron chi connectivity index (χ2n) is 3.67. The van der Waals surface area contributed by atoms with Crippen molar-refractivity contribution in [1.82, 2.24) is 15.0 Å². The molecule has 0 saturated heterocycles. The number of ether oxygens (including phenoxy) is 1. The summed E-state index contributed by atoms with van der Waals surface area (Å²) >= 11 is 0. The first kappa shape index (κ1) is 9.15. The molecule has 0 aliphatic heterocycles. The summed E-state index contributed by atoms with van der Waals surface area (Å²) in [6.07, 6.45) is 0. The molecule has 0 radical (unpaired) electrons. The summed E-state index contributed by atoms with van der Waals surface area (Å²) in [6.45, 7) is 1.86. The Kier molecular flexibility index (Phi) is 1.83. The maximum atomic E-state index is 5.26. The SMILES string of the molecule is COc1nc(C)nc2c1[nH]c1ccccc12. The number of benzene rings is 1. The topological polar surface area (TPSA) is 50.8 Å². The van der Waals surface area contributed by atoms with Crippen molar-refractivity contribution < 1.29 is 4.74 Å². The zero-order chi connectivity index (χ0) is 11.1. The van der Waals surface area contributed by atoms with Crippen molar-refractivity contribution in [3.8, 4) is 5.88 Å². The lowest BCUT2D eigenvalue weighted by Gasteiger charge is -2.00. The highest BCUT2D eigenvalue weighted by Gasteiger charge is 2.11. The van der Waals surface area contributed by atoms with Crippen LogP contribution < -0.4 is 4.74 Å². The molecule has 4 heteroatoms. The number of nitrogens with zero attached hydrogens (tertiary/aromatic N) is 2. The minimum atomic E-state index is 0.596. The van der Waals surface area contributed by atoms with Crippen LogP contribution in [0, 0.1) is 6.92 Å². The highest BCUT2D eigenvalue weighted by atomic mass is 16.5. The zero-order valence-corrected chi connectivity index (χ0v) is 9.11. The molecule has 3 aromatic rings. The highest BCUT2D eigenvalue weighted by Crippen LogP contribution is 2.28. The molecular weight excluding hydrogens is 202 g/mol. The summed E-state index contributed by atoms with van der Waals surface area (Å²) in [5, 5.41) is 1.10. The van der Waals surface area contributed by atoms with E-state index in [9.17, 15) is 0 Å². The average molecular weight is 213 g/mol. The monoisotopic (exact) mass is 213 g/mol. The number of hydrogen-bond acceptors (Lipinski definition) is 3. The van der Waals surface area contributed by atoms with Crippen molar-refractivity contribution in [3.63, 3.8) is 0 Å². The molecule has 4 nitrogen and oxygen atoms in total. The van der Waals surface area contributed by atoms with Crippen molar-refractivity contribution in [1.29, 1.82) is 0 Å². The van der Waals surface area contributed by atoms with Gasteiger partial charge in [0.15, 0.2) is 0 Å². The highest BCUT2D eigenvalue weighted by molar-refractivity contribution is 6.06. The first-order valence-electron chi connectivity index (χ1n) is 5.08. The van der Waals surface area contributed by atoms with Crippen LogP contribution in [0.15, 0.2) is 24.3 Å². The second kappa shape index (κ2) is 3.20. The molecular formula is C12H11N3O. The van der Waals surface area contributed by atoms with E-state index >= 15 is 0 Å². The lowest BCUT2D eigenvalue weighted by molar-refractivity contribution is 0.400. The lowest BCUT2D eigenvalue weighted by Crippen LogP contribution is -1.94. The summed E-state index contributed by atoms with van der Waals surface area (Å²) in [5.74, 6) is 1.31. The summed E-state index contributed by atoms with van der Waals surface area (Å²) in [6, 6.07) is 8.05. The van der Waals surface area contributed by atoms with Gasteiger partial charge in [-0.25, -0.2) is 4.98 Å². The molecule has 3 rings (SSSR count). The van der Waals surface area contributed by atoms with Gasteiger partial charge in [0, 0.05) is 10.9 Å². The maximum absolute atomic E-state index is 5.26. The third-order valence-electron chi connectivity index (χ3n) is 2.62. The van der Waals surface area contributed by atoms with Crippen LogP contribution in [0.1, 0.15) is 5.82 Å². The van der Waals surface area contributed by atoms with Crippen LogP contribution in [0.3, 0.4) is 0 Å². The number of methoxy groups -OCH3 is 1. The summed E-state index contributed by atoms with van der Waals surface area (Å²) in [5.41, 5.74) is 2.82. The number of aromatic amines is 1. The number of fused-ring (bicyclic) bond motifs is 3. The Bertz CT molecular complexity index is 672. The van der Waals surface area contributed by atoms with Gasteiger partial charge in [-0.3, -0.25) is 0 Å². The number of aromatic nitrogens is 3. The minimum absolute atomic E-state index is 0.596. The molecule has 0 spiro atoms. The Morgan fingerprint density at radius 2 is 2.00 bits per heavy atom. The zero-order valence-electron chi connectivity index (χ0n) is 9.11. The molecule has 0 unspecified atom stereocenters. The van der Waals surface area contributed by atoms with Gasteiger partial charge < -0.3 is 9.72 Å². The van der Waals surface area contributed by atoms with Gasteiger partial charge in [0.05, 0.1) is 7.11 Å². The van der Waals surface area contributed by atoms with Crippen LogP contribution in [0.4, 0.5) is 0 Å². The molecule has 2 aromatic heterocycles. The molecule has 0 aliphatic rings. The smallest absolute Gasteiger partial charge is 0.241 e. The maximum Gasteiger partial charge on any atom is 0.241 e. The first-order chi connectivity index (χ1) is 7.79. The molecule has 0 fully saturated rings. The number of rotatable bonds is 1. The van der Waals surface area contributed by atoms with E-state index in [0.29, 0.717) is 11.7 Å². The molecule has 0 saturated carbocycles. The van der Waals surface area contributed by atoms with E-state index in [0.717, 1.165) is 21.9 Å². The van der Waals surface area contributed by atoms with Crippen LogP contribution >= 0.6 is 0 Å². The fourth-order valence-electron chi connectivity index (χ4n) is 1.94. The van der Waals surface area contributed by atoms with Crippen molar-refractivity contribution in [2.45, 2.75) is 6.92 Å². The van der Waals surface area contributed by atoms with Crippen LogP contribution in [0.2, 0.25) is 0 Å². The van der Waals surface area contributed by atoms with Gasteiger partial charge in [-0.15, -0.1) is 0 Å². The predicted octanol–water partition coefficient (Wildman–Crippen LogP) is 2.43. The van der Waals surface area contributed by atoms with Gasteiger partial charge in [0.2, 0.25) is 5.88 Å². The summed E-state index contributed by atoms with van der Waals surface area (Å²) in [4.78, 5) is 12.0. The van der Waals surface area contributed by atoms with Gasteiger partial charge in [0.1, 0.15) is 16.9 Å². The van der Waals surface area contributed by atoms with Gasteiger partial charge in [-0.05, 0) is 13.0 Å². The van der Waals surface area contributed by atoms with Gasteiger partial charge in [0.25, 0.3) is 0 Å². The number of para-hydroxylation sites is 1. The Morgan fingerprint density at radius 3 is 2.81 bits per heavy atom. The molecule has 1 N–H and O–H groups in total. The van der Waals surface area contributed by atoms with E-state index in [4.69, 9.17) is 4.74 Å². The lowest BCUT2D eigenvalue weighted by atomic mass is 10.2. The van der Waals surface area contributed by atoms with Gasteiger partial charge in [-0.2, -0.15) is 4.98 Å². The Balaban J connectivity index is 2.54. The standard InChI is InChI=1S/C12H11N3O/c1-7-13-10-8-5-3-4-6-9(8)15-11(10)12(14-7)16-2/h3-6,15H,1-2H3. The number of nitrogens with one attached hydrogen (secondary N) is 1. The Labute approximate surface area is 92.3 Å². The van der Waals surface area contributed by atoms with Crippen LogP contribution in [0.25, 0.3) is 21.9 Å². The van der Waals surface area contributed by atoms with Crippen molar-refractivity contribution >= 4 is 21.9 Å². The summed E-state index contributed by atoms with van der Waals surface area (Å²) in [7, 11) is 1.62. The van der Waals surface area contributed by atoms with Crippen molar-refractivity contribution in [2.75, 3.05) is 7.11 Å². The second-order valence-corrected chi connectivity index (χ2v) is 3.67. The quantitative estimate of drug-likeness (QED) is 0.675. The van der Waals surface area contributed by atoms with E-state index in [-0.39, 0.29) is 0 Å². The third kappa shape index (κ3) is 1.16. The number of aryl methyl sites for hydroxylation is 1. The predicted molar refractivity (Wildman–Crippen MR) is 62.7 cm³/mol. The molecule has 0 amide bonds. The molecule has 2 heterocycles. The van der Waals surface area contributed by atoms with Gasteiger partial charge >= 0.3 is 0 Å². The van der Waals surface area contributed by atoms with Crippen LogP contribution in [-0.2, 0) is 0 Å². The Morgan fingerprint density at radius 1 is 1.19 bits per heavy atom. The summed E-state index contributed by atoms with van der Waals surface area (Å²) < 4.78 is 5.26. The normalized spacial score (nSPS) is 11.1. The molecule has 80 valence electrons. The fourth-order valence-corrected chi connectivity index (χ4v) is 1.94. The Hall–Kier alpha value is -2.10. The van der Waals surface area contributed by atoms with E-state index < -0.39 is 0 Å². The molecule has 16 heavy (non-hydrogen) atoms. The minimum Gasteiger partial charge on any atom is -0.479 e. The van der Waals surface area contributed by atoms with E-state index in [1.54, 1.807) is 7.11 Å². The van der Waals surface area contributed by atoms with E-state index in [2.05, 4.69) is 15.0 Å². The third-order valence-corrected chi connectivity index (χ3v) is 2.62. The molecule has 1 aromatic carbocycles. The largest absolute Gasteiger partial charge is 0.479 e. The van der Waals surface area contributed by atoms with Crippen LogP contribution in [0.5, 0.6) is 5.88 Å². The molecule has 0 atom stereocenters. The van der Waals surface area contributed by atoms with E-state index in [1.807, 2.05) is 31.2 Å². The fraction of sp³-hybridized carbons (Fsp3) is 0.167. The molecule has 0 bridgehead atoms. The van der Waals surface area contributed by atoms with Crippen molar-refractivity contribution in [3.05, 3.63) is 30.1 Å². The van der Waals surface area contributed by atoms with Crippen LogP contribution in [-0.4, -0.2) is 22.1 Å². The van der Waals surface area contributed by atoms with E-state index in [1.165, 1.54) is 0 Å². The number of H-pyrrole nitrogens is 1. The number of hydrogen-bond donors (Lipinski definition) is 1. The van der Waals surface area contributed by atoms with Gasteiger partial charge in [-0.1, -0.05) is 18.2 Å².